The predicted molar refractivity (Wildman–Crippen MR) is 68.3 cm³/mol. The van der Waals surface area contributed by atoms with Crippen LogP contribution in [0.4, 0.5) is 10.1 Å². The van der Waals surface area contributed by atoms with Crippen LogP contribution in [0.25, 0.3) is 0 Å². The molecule has 1 saturated heterocycles. The molecule has 0 aromatic heterocycles. The Hall–Kier alpha value is -1.71. The normalized spacial score (nSPS) is 16.9. The molecule has 2 rings (SSSR count). The van der Waals surface area contributed by atoms with E-state index in [0.29, 0.717) is 0 Å². The van der Waals surface area contributed by atoms with Crippen LogP contribution in [-0.4, -0.2) is 50.1 Å². The van der Waals surface area contributed by atoms with Gasteiger partial charge < -0.3 is 9.84 Å². The van der Waals surface area contributed by atoms with Crippen molar-refractivity contribution >= 4 is 21.9 Å². The van der Waals surface area contributed by atoms with Gasteiger partial charge in [-0.1, -0.05) is 0 Å². The van der Waals surface area contributed by atoms with E-state index in [-0.39, 0.29) is 37.6 Å². The molecule has 0 spiro atoms. The van der Waals surface area contributed by atoms with Gasteiger partial charge in [0.25, 0.3) is 0 Å². The predicted octanol–water partition coefficient (Wildman–Crippen LogP) is 0.513. The van der Waals surface area contributed by atoms with Gasteiger partial charge in [-0.15, -0.1) is 0 Å². The zero-order valence-corrected chi connectivity index (χ0v) is 11.2. The SMILES string of the molecule is O=C(O)c1ccc(NS(=O)(=O)N2CCOCC2)c(F)c1. The fourth-order valence-corrected chi connectivity index (χ4v) is 2.92. The molecule has 1 aromatic carbocycles. The third-order valence-corrected chi connectivity index (χ3v) is 4.29. The minimum atomic E-state index is -3.88. The maximum atomic E-state index is 13.7. The number of benzene rings is 1. The van der Waals surface area contributed by atoms with Crippen molar-refractivity contribution in [1.29, 1.82) is 0 Å². The van der Waals surface area contributed by atoms with Crippen LogP contribution in [0.2, 0.25) is 0 Å². The fraction of sp³-hybridized carbons (Fsp3) is 0.364. The first-order chi connectivity index (χ1) is 9.40. The highest BCUT2D eigenvalue weighted by Gasteiger charge is 2.25. The second kappa shape index (κ2) is 5.73. The number of halogens is 1. The third-order valence-electron chi connectivity index (χ3n) is 2.76. The minimum Gasteiger partial charge on any atom is -0.478 e. The van der Waals surface area contributed by atoms with Crippen molar-refractivity contribution in [2.75, 3.05) is 31.0 Å². The van der Waals surface area contributed by atoms with Crippen LogP contribution >= 0.6 is 0 Å². The molecule has 0 bridgehead atoms. The van der Waals surface area contributed by atoms with E-state index >= 15 is 0 Å². The quantitative estimate of drug-likeness (QED) is 0.845. The number of carboxylic acids is 1. The number of carbonyl (C=O) groups is 1. The smallest absolute Gasteiger partial charge is 0.335 e. The lowest BCUT2D eigenvalue weighted by molar-refractivity contribution is 0.0696. The molecule has 110 valence electrons. The van der Waals surface area contributed by atoms with Gasteiger partial charge in [0.1, 0.15) is 5.82 Å². The van der Waals surface area contributed by atoms with Crippen molar-refractivity contribution in [2.45, 2.75) is 0 Å². The van der Waals surface area contributed by atoms with Gasteiger partial charge >= 0.3 is 16.2 Å². The molecule has 2 N–H and O–H groups in total. The highest BCUT2D eigenvalue weighted by molar-refractivity contribution is 7.90. The first kappa shape index (κ1) is 14.7. The van der Waals surface area contributed by atoms with Crippen LogP contribution in [0.15, 0.2) is 18.2 Å². The van der Waals surface area contributed by atoms with Crippen LogP contribution in [0.3, 0.4) is 0 Å². The number of carboxylic acid groups (broad SMARTS) is 1. The van der Waals surface area contributed by atoms with Gasteiger partial charge in [-0.2, -0.15) is 12.7 Å². The summed E-state index contributed by atoms with van der Waals surface area (Å²) in [5, 5.41) is 8.71. The maximum absolute atomic E-state index is 13.7. The van der Waals surface area contributed by atoms with Crippen molar-refractivity contribution in [3.63, 3.8) is 0 Å². The average Bonchev–Trinajstić information content (AvgIpc) is 2.41. The van der Waals surface area contributed by atoms with Crippen LogP contribution in [0, 0.1) is 5.82 Å². The number of rotatable bonds is 4. The van der Waals surface area contributed by atoms with E-state index in [9.17, 15) is 17.6 Å². The third kappa shape index (κ3) is 3.24. The van der Waals surface area contributed by atoms with E-state index in [2.05, 4.69) is 4.72 Å². The Labute approximate surface area is 115 Å². The lowest BCUT2D eigenvalue weighted by Gasteiger charge is -2.26. The summed E-state index contributed by atoms with van der Waals surface area (Å²) in [5.41, 5.74) is -0.543. The Balaban J connectivity index is 2.18. The minimum absolute atomic E-state index is 0.185. The molecule has 1 aromatic rings. The number of nitrogens with one attached hydrogen (secondary N) is 1. The maximum Gasteiger partial charge on any atom is 0.335 e. The van der Waals surface area contributed by atoms with E-state index in [1.54, 1.807) is 0 Å². The molecular weight excluding hydrogens is 291 g/mol. The topological polar surface area (TPSA) is 95.9 Å². The molecule has 0 unspecified atom stereocenters. The second-order valence-electron chi connectivity index (χ2n) is 4.12. The lowest BCUT2D eigenvalue weighted by Crippen LogP contribution is -2.43. The Kier molecular flexibility index (Phi) is 4.21. The molecule has 0 saturated carbocycles. The summed E-state index contributed by atoms with van der Waals surface area (Å²) >= 11 is 0. The van der Waals surface area contributed by atoms with E-state index in [1.165, 1.54) is 0 Å². The van der Waals surface area contributed by atoms with Gasteiger partial charge in [-0.3, -0.25) is 4.72 Å². The summed E-state index contributed by atoms with van der Waals surface area (Å²) in [7, 11) is -3.88. The molecule has 1 aliphatic heterocycles. The van der Waals surface area contributed by atoms with Crippen molar-refractivity contribution in [1.82, 2.24) is 4.31 Å². The molecule has 1 fully saturated rings. The highest BCUT2D eigenvalue weighted by Crippen LogP contribution is 2.18. The molecule has 1 aliphatic rings. The van der Waals surface area contributed by atoms with Crippen LogP contribution in [0.1, 0.15) is 10.4 Å². The summed E-state index contributed by atoms with van der Waals surface area (Å²) in [6, 6.07) is 2.97. The number of nitrogens with zero attached hydrogens (tertiary/aromatic N) is 1. The van der Waals surface area contributed by atoms with Crippen molar-refractivity contribution < 1.29 is 27.4 Å². The fourth-order valence-electron chi connectivity index (χ4n) is 1.72. The van der Waals surface area contributed by atoms with E-state index in [0.717, 1.165) is 22.5 Å². The Bertz CT molecular complexity index is 613. The summed E-state index contributed by atoms with van der Waals surface area (Å²) in [6.45, 7) is 0.928. The molecule has 7 nitrogen and oxygen atoms in total. The van der Waals surface area contributed by atoms with E-state index in [4.69, 9.17) is 9.84 Å². The summed E-state index contributed by atoms with van der Waals surface area (Å²) in [4.78, 5) is 10.7. The Morgan fingerprint density at radius 2 is 2.00 bits per heavy atom. The molecule has 0 radical (unpaired) electrons. The van der Waals surface area contributed by atoms with Crippen molar-refractivity contribution in [3.05, 3.63) is 29.6 Å². The molecule has 0 aliphatic carbocycles. The number of anilines is 1. The molecule has 20 heavy (non-hydrogen) atoms. The largest absolute Gasteiger partial charge is 0.478 e. The molecular formula is C11H13FN2O5S. The highest BCUT2D eigenvalue weighted by atomic mass is 32.2. The standard InChI is InChI=1S/C11H13FN2O5S/c12-9-7-8(11(15)16)1-2-10(9)13-20(17,18)14-3-5-19-6-4-14/h1-2,7,13H,3-6H2,(H,15,16). The van der Waals surface area contributed by atoms with Crippen molar-refractivity contribution in [3.8, 4) is 0 Å². The first-order valence-electron chi connectivity index (χ1n) is 5.78. The zero-order valence-electron chi connectivity index (χ0n) is 10.4. The molecule has 1 heterocycles. The molecule has 0 atom stereocenters. The van der Waals surface area contributed by atoms with Crippen LogP contribution in [0.5, 0.6) is 0 Å². The van der Waals surface area contributed by atoms with Gasteiger partial charge in [-0.05, 0) is 18.2 Å². The van der Waals surface area contributed by atoms with Crippen LogP contribution < -0.4 is 4.72 Å². The average molecular weight is 304 g/mol. The number of hydrogen-bond acceptors (Lipinski definition) is 4. The number of morpholine rings is 1. The second-order valence-corrected chi connectivity index (χ2v) is 5.79. The number of ether oxygens (including phenoxy) is 1. The summed E-state index contributed by atoms with van der Waals surface area (Å²) < 4.78 is 46.0. The lowest BCUT2D eigenvalue weighted by atomic mass is 10.2. The van der Waals surface area contributed by atoms with Gasteiger partial charge in [0.05, 0.1) is 24.5 Å². The number of aromatic carboxylic acids is 1. The molecule has 0 amide bonds. The first-order valence-corrected chi connectivity index (χ1v) is 7.22. The van der Waals surface area contributed by atoms with Gasteiger partial charge in [0.15, 0.2) is 0 Å². The number of hydrogen-bond donors (Lipinski definition) is 2. The van der Waals surface area contributed by atoms with Gasteiger partial charge in [0.2, 0.25) is 0 Å². The van der Waals surface area contributed by atoms with E-state index in [1.807, 2.05) is 0 Å². The van der Waals surface area contributed by atoms with Gasteiger partial charge in [0, 0.05) is 13.1 Å². The Morgan fingerprint density at radius 1 is 1.35 bits per heavy atom. The summed E-state index contributed by atoms with van der Waals surface area (Å²) in [6.07, 6.45) is 0. The van der Waals surface area contributed by atoms with Gasteiger partial charge in [-0.25, -0.2) is 9.18 Å². The monoisotopic (exact) mass is 304 g/mol. The van der Waals surface area contributed by atoms with Crippen molar-refractivity contribution in [2.24, 2.45) is 0 Å². The van der Waals surface area contributed by atoms with Crippen LogP contribution in [-0.2, 0) is 14.9 Å². The molecule has 9 heteroatoms. The summed E-state index contributed by atoms with van der Waals surface area (Å²) in [5.74, 6) is -2.23. The zero-order chi connectivity index (χ0) is 14.8. The Morgan fingerprint density at radius 3 is 2.55 bits per heavy atom. The van der Waals surface area contributed by atoms with E-state index < -0.39 is 22.0 Å².